The van der Waals surface area contributed by atoms with Gasteiger partial charge in [-0.25, -0.2) is 4.98 Å². The zero-order chi connectivity index (χ0) is 11.7. The summed E-state index contributed by atoms with van der Waals surface area (Å²) in [6.07, 6.45) is -0.135. The molecule has 0 aliphatic heterocycles. The second-order valence-corrected chi connectivity index (χ2v) is 4.14. The van der Waals surface area contributed by atoms with Gasteiger partial charge in [-0.1, -0.05) is 29.3 Å². The molecular weight excluding hydrogens is 249 g/mol. The average Bonchev–Trinajstić information content (AvgIpc) is 2.19. The topological polar surface area (TPSA) is 50.2 Å². The fraction of sp³-hybridized carbons (Fsp3) is 0.0909. The molecule has 82 valence electrons. The fourth-order valence-corrected chi connectivity index (χ4v) is 1.83. The molecule has 0 radical (unpaired) electrons. The molecule has 0 saturated carbocycles. The van der Waals surface area contributed by atoms with Crippen molar-refractivity contribution in [3.63, 3.8) is 0 Å². The predicted octanol–water partition coefficient (Wildman–Crippen LogP) is 3.17. The molecule has 1 N–H and O–H groups in total. The van der Waals surface area contributed by atoms with Gasteiger partial charge in [-0.05, 0) is 18.2 Å². The maximum atomic E-state index is 10.6. The second-order valence-electron chi connectivity index (χ2n) is 3.35. The van der Waals surface area contributed by atoms with Crippen molar-refractivity contribution < 1.29 is 9.90 Å². The van der Waals surface area contributed by atoms with Crippen molar-refractivity contribution >= 4 is 40.1 Å². The van der Waals surface area contributed by atoms with Crippen molar-refractivity contribution in [2.24, 2.45) is 0 Å². The molecule has 5 heteroatoms. The van der Waals surface area contributed by atoms with Crippen molar-refractivity contribution in [2.75, 3.05) is 0 Å². The molecule has 0 spiro atoms. The first-order valence-corrected chi connectivity index (χ1v) is 5.28. The smallest absolute Gasteiger partial charge is 0.307 e. The zero-order valence-electron chi connectivity index (χ0n) is 8.08. The monoisotopic (exact) mass is 255 g/mol. The molecule has 0 saturated heterocycles. The third-order valence-electron chi connectivity index (χ3n) is 2.15. The summed E-state index contributed by atoms with van der Waals surface area (Å²) in [7, 11) is 0. The summed E-state index contributed by atoms with van der Waals surface area (Å²) in [5.41, 5.74) is 1.16. The van der Waals surface area contributed by atoms with Crippen LogP contribution in [-0.2, 0) is 11.2 Å². The average molecular weight is 256 g/mol. The zero-order valence-corrected chi connectivity index (χ0v) is 9.59. The molecular formula is C11H7Cl2NO2. The van der Waals surface area contributed by atoms with Crippen LogP contribution in [0.5, 0.6) is 0 Å². The van der Waals surface area contributed by atoms with Crippen molar-refractivity contribution in [1.29, 1.82) is 0 Å². The molecule has 0 bridgehead atoms. The van der Waals surface area contributed by atoms with Gasteiger partial charge in [0.15, 0.2) is 0 Å². The molecule has 2 rings (SSSR count). The van der Waals surface area contributed by atoms with Gasteiger partial charge in [0.05, 0.1) is 11.9 Å². The van der Waals surface area contributed by atoms with E-state index in [4.69, 9.17) is 28.3 Å². The predicted molar refractivity (Wildman–Crippen MR) is 63.1 cm³/mol. The Morgan fingerprint density at radius 3 is 2.75 bits per heavy atom. The highest BCUT2D eigenvalue weighted by Crippen LogP contribution is 2.23. The molecule has 0 unspecified atom stereocenters. The molecule has 0 atom stereocenters. The summed E-state index contributed by atoms with van der Waals surface area (Å²) < 4.78 is 0. The number of benzene rings is 1. The minimum Gasteiger partial charge on any atom is -0.481 e. The lowest BCUT2D eigenvalue weighted by atomic mass is 10.1. The SMILES string of the molecule is O=C(O)Cc1cc2ccc(Cl)cc2nc1Cl. The summed E-state index contributed by atoms with van der Waals surface area (Å²) in [5.74, 6) is -0.933. The molecule has 0 aliphatic rings. The molecule has 1 heterocycles. The number of aromatic nitrogens is 1. The van der Waals surface area contributed by atoms with Gasteiger partial charge >= 0.3 is 5.97 Å². The van der Waals surface area contributed by atoms with Crippen LogP contribution in [0.3, 0.4) is 0 Å². The van der Waals surface area contributed by atoms with Gasteiger partial charge in [-0.15, -0.1) is 0 Å². The second kappa shape index (κ2) is 4.28. The molecule has 1 aromatic carbocycles. The third kappa shape index (κ3) is 2.26. The van der Waals surface area contributed by atoms with Crippen molar-refractivity contribution in [1.82, 2.24) is 4.98 Å². The fourth-order valence-electron chi connectivity index (χ4n) is 1.45. The summed E-state index contributed by atoms with van der Waals surface area (Å²) in [5, 5.41) is 10.3. The Morgan fingerprint density at radius 1 is 1.31 bits per heavy atom. The van der Waals surface area contributed by atoms with Crippen molar-refractivity contribution in [2.45, 2.75) is 6.42 Å². The van der Waals surface area contributed by atoms with Crippen LogP contribution in [0.1, 0.15) is 5.56 Å². The molecule has 2 aromatic rings. The van der Waals surface area contributed by atoms with Crippen LogP contribution in [0.4, 0.5) is 0 Å². The number of hydrogen-bond acceptors (Lipinski definition) is 2. The van der Waals surface area contributed by atoms with Crippen LogP contribution in [0.25, 0.3) is 10.9 Å². The van der Waals surface area contributed by atoms with Crippen molar-refractivity contribution in [3.8, 4) is 0 Å². The first-order chi connectivity index (χ1) is 7.56. The number of fused-ring (bicyclic) bond motifs is 1. The van der Waals surface area contributed by atoms with Gasteiger partial charge in [0.1, 0.15) is 5.15 Å². The number of halogens is 2. The number of nitrogens with zero attached hydrogens (tertiary/aromatic N) is 1. The molecule has 1 aromatic heterocycles. The van der Waals surface area contributed by atoms with E-state index in [2.05, 4.69) is 4.98 Å². The van der Waals surface area contributed by atoms with Crippen LogP contribution in [0.2, 0.25) is 10.2 Å². The first-order valence-electron chi connectivity index (χ1n) is 4.53. The highest BCUT2D eigenvalue weighted by atomic mass is 35.5. The lowest BCUT2D eigenvalue weighted by Crippen LogP contribution is -2.01. The lowest BCUT2D eigenvalue weighted by Gasteiger charge is -2.04. The van der Waals surface area contributed by atoms with E-state index in [-0.39, 0.29) is 11.6 Å². The van der Waals surface area contributed by atoms with Gasteiger partial charge in [-0.3, -0.25) is 4.79 Å². The Kier molecular flexibility index (Phi) is 2.99. The summed E-state index contributed by atoms with van der Waals surface area (Å²) in [6.45, 7) is 0. The van der Waals surface area contributed by atoms with E-state index < -0.39 is 5.97 Å². The molecule has 3 nitrogen and oxygen atoms in total. The van der Waals surface area contributed by atoms with Crippen LogP contribution in [0.15, 0.2) is 24.3 Å². The number of aliphatic carboxylic acids is 1. The van der Waals surface area contributed by atoms with Crippen molar-refractivity contribution in [3.05, 3.63) is 40.0 Å². The van der Waals surface area contributed by atoms with Gasteiger partial charge in [0.25, 0.3) is 0 Å². The number of carboxylic acids is 1. The summed E-state index contributed by atoms with van der Waals surface area (Å²) >= 11 is 11.7. The molecule has 0 fully saturated rings. The Balaban J connectivity index is 2.58. The number of carbonyl (C=O) groups is 1. The van der Waals surface area contributed by atoms with E-state index in [1.807, 2.05) is 0 Å². The number of pyridine rings is 1. The molecule has 0 aliphatic carbocycles. The standard InChI is InChI=1S/C11H7Cl2NO2/c12-8-2-1-6-3-7(4-10(15)16)11(13)14-9(6)5-8/h1-3,5H,4H2,(H,15,16). The van der Waals surface area contributed by atoms with Crippen LogP contribution >= 0.6 is 23.2 Å². The highest BCUT2D eigenvalue weighted by Gasteiger charge is 2.08. The Bertz CT molecular complexity index is 569. The van der Waals surface area contributed by atoms with Gasteiger partial charge in [-0.2, -0.15) is 0 Å². The largest absolute Gasteiger partial charge is 0.481 e. The summed E-state index contributed by atoms with van der Waals surface area (Å²) in [6, 6.07) is 6.92. The maximum Gasteiger partial charge on any atom is 0.307 e. The first kappa shape index (κ1) is 11.2. The van der Waals surface area contributed by atoms with E-state index in [1.165, 1.54) is 0 Å². The van der Waals surface area contributed by atoms with E-state index in [0.29, 0.717) is 16.1 Å². The van der Waals surface area contributed by atoms with E-state index in [0.717, 1.165) is 5.39 Å². The van der Waals surface area contributed by atoms with E-state index >= 15 is 0 Å². The van der Waals surface area contributed by atoms with E-state index in [9.17, 15) is 4.79 Å². The minimum atomic E-state index is -0.933. The maximum absolute atomic E-state index is 10.6. The molecule has 16 heavy (non-hydrogen) atoms. The van der Waals surface area contributed by atoms with Crippen LogP contribution in [0, 0.1) is 0 Å². The Hall–Kier alpha value is -1.32. The Labute approximate surface area is 102 Å². The quantitative estimate of drug-likeness (QED) is 0.839. The number of rotatable bonds is 2. The lowest BCUT2D eigenvalue weighted by molar-refractivity contribution is -0.136. The van der Waals surface area contributed by atoms with Crippen LogP contribution < -0.4 is 0 Å². The number of hydrogen-bond donors (Lipinski definition) is 1. The highest BCUT2D eigenvalue weighted by molar-refractivity contribution is 6.32. The van der Waals surface area contributed by atoms with E-state index in [1.54, 1.807) is 24.3 Å². The summed E-state index contributed by atoms with van der Waals surface area (Å²) in [4.78, 5) is 14.7. The third-order valence-corrected chi connectivity index (χ3v) is 2.71. The number of carboxylic acid groups (broad SMARTS) is 1. The minimum absolute atomic E-state index is 0.135. The normalized spacial score (nSPS) is 10.6. The van der Waals surface area contributed by atoms with Gasteiger partial charge < -0.3 is 5.11 Å². The van der Waals surface area contributed by atoms with Gasteiger partial charge in [0, 0.05) is 16.0 Å². The van der Waals surface area contributed by atoms with Crippen LogP contribution in [-0.4, -0.2) is 16.1 Å². The Morgan fingerprint density at radius 2 is 2.06 bits per heavy atom. The molecule has 0 amide bonds. The van der Waals surface area contributed by atoms with Gasteiger partial charge in [0.2, 0.25) is 0 Å².